The number of carbonyl (C=O) groups excluding carboxylic acids is 3. The average molecular weight is 269 g/mol. The van der Waals surface area contributed by atoms with E-state index in [-0.39, 0.29) is 17.7 Å². The van der Waals surface area contributed by atoms with E-state index in [9.17, 15) is 14.4 Å². The molecule has 108 valence electrons. The van der Waals surface area contributed by atoms with Crippen LogP contribution in [0, 0.1) is 5.92 Å². The van der Waals surface area contributed by atoms with E-state index in [2.05, 4.69) is 5.32 Å². The van der Waals surface area contributed by atoms with Gasteiger partial charge in [-0.3, -0.25) is 14.4 Å². The van der Waals surface area contributed by atoms with Crippen molar-refractivity contribution in [1.29, 1.82) is 0 Å². The number of rotatable bonds is 5. The first-order valence-electron chi connectivity index (χ1n) is 6.69. The molecule has 6 nitrogen and oxygen atoms in total. The lowest BCUT2D eigenvalue weighted by Crippen LogP contribution is -2.52. The zero-order chi connectivity index (χ0) is 14.6. The highest BCUT2D eigenvalue weighted by molar-refractivity contribution is 5.91. The van der Waals surface area contributed by atoms with E-state index in [0.717, 1.165) is 6.42 Å². The Kier molecular flexibility index (Phi) is 5.32. The van der Waals surface area contributed by atoms with Crippen LogP contribution >= 0.6 is 0 Å². The topological polar surface area (TPSA) is 92.5 Å². The summed E-state index contributed by atoms with van der Waals surface area (Å²) >= 11 is 0. The fourth-order valence-electron chi connectivity index (χ4n) is 2.46. The van der Waals surface area contributed by atoms with Crippen molar-refractivity contribution in [2.45, 2.75) is 52.1 Å². The monoisotopic (exact) mass is 269 g/mol. The number of nitrogens with one attached hydrogen (secondary N) is 1. The molecule has 1 aliphatic rings. The van der Waals surface area contributed by atoms with E-state index in [1.165, 1.54) is 11.8 Å². The van der Waals surface area contributed by atoms with Crippen LogP contribution in [0.25, 0.3) is 0 Å². The minimum Gasteiger partial charge on any atom is -0.368 e. The smallest absolute Gasteiger partial charge is 0.245 e. The maximum absolute atomic E-state index is 12.4. The van der Waals surface area contributed by atoms with Gasteiger partial charge in [-0.05, 0) is 25.2 Å². The van der Waals surface area contributed by atoms with Crippen LogP contribution in [-0.2, 0) is 14.4 Å². The minimum atomic E-state index is -0.572. The molecule has 0 bridgehead atoms. The Balaban J connectivity index is 2.79. The van der Waals surface area contributed by atoms with Crippen LogP contribution in [0.5, 0.6) is 0 Å². The Labute approximate surface area is 113 Å². The van der Waals surface area contributed by atoms with Gasteiger partial charge >= 0.3 is 0 Å². The van der Waals surface area contributed by atoms with Crippen LogP contribution in [-0.4, -0.2) is 41.2 Å². The molecule has 19 heavy (non-hydrogen) atoms. The number of carbonyl (C=O) groups is 3. The van der Waals surface area contributed by atoms with Crippen LogP contribution in [0.2, 0.25) is 0 Å². The van der Waals surface area contributed by atoms with Gasteiger partial charge in [0.1, 0.15) is 12.1 Å². The summed E-state index contributed by atoms with van der Waals surface area (Å²) in [6.07, 6.45) is 1.93. The SMILES string of the molecule is CC(=O)N[C@@H](CC(C)C)C(=O)N1CCC[C@H]1C(N)=O. The largest absolute Gasteiger partial charge is 0.368 e. The first-order chi connectivity index (χ1) is 8.82. The first kappa shape index (κ1) is 15.5. The third kappa shape index (κ3) is 4.22. The predicted molar refractivity (Wildman–Crippen MR) is 71.0 cm³/mol. The zero-order valence-corrected chi connectivity index (χ0v) is 11.8. The van der Waals surface area contributed by atoms with Crippen molar-refractivity contribution in [3.05, 3.63) is 0 Å². The maximum Gasteiger partial charge on any atom is 0.245 e. The van der Waals surface area contributed by atoms with Crippen molar-refractivity contribution >= 4 is 17.7 Å². The van der Waals surface area contributed by atoms with Crippen LogP contribution in [0.4, 0.5) is 0 Å². The van der Waals surface area contributed by atoms with Gasteiger partial charge in [-0.15, -0.1) is 0 Å². The number of hydrogen-bond acceptors (Lipinski definition) is 3. The highest BCUT2D eigenvalue weighted by atomic mass is 16.2. The minimum absolute atomic E-state index is 0.204. The Bertz CT molecular complexity index is 368. The lowest BCUT2D eigenvalue weighted by molar-refractivity contribution is -0.140. The van der Waals surface area contributed by atoms with Crippen LogP contribution < -0.4 is 11.1 Å². The first-order valence-corrected chi connectivity index (χ1v) is 6.69. The van der Waals surface area contributed by atoms with Crippen molar-refractivity contribution in [1.82, 2.24) is 10.2 Å². The normalized spacial score (nSPS) is 20.4. The fraction of sp³-hybridized carbons (Fsp3) is 0.769. The molecule has 0 spiro atoms. The number of primary amides is 1. The lowest BCUT2D eigenvalue weighted by atomic mass is 10.0. The molecular weight excluding hydrogens is 246 g/mol. The van der Waals surface area contributed by atoms with E-state index in [1.54, 1.807) is 0 Å². The van der Waals surface area contributed by atoms with E-state index in [4.69, 9.17) is 5.73 Å². The summed E-state index contributed by atoms with van der Waals surface area (Å²) in [6.45, 7) is 5.88. The van der Waals surface area contributed by atoms with Gasteiger partial charge in [0.25, 0.3) is 0 Å². The molecule has 6 heteroatoms. The second kappa shape index (κ2) is 6.54. The molecule has 1 fully saturated rings. The molecular formula is C13H23N3O3. The summed E-state index contributed by atoms with van der Waals surface area (Å²) < 4.78 is 0. The van der Waals surface area contributed by atoms with Gasteiger partial charge in [-0.2, -0.15) is 0 Å². The molecule has 1 saturated heterocycles. The number of nitrogens with zero attached hydrogens (tertiary/aromatic N) is 1. The number of hydrogen-bond donors (Lipinski definition) is 2. The quantitative estimate of drug-likeness (QED) is 0.736. The molecule has 0 unspecified atom stereocenters. The molecule has 3 N–H and O–H groups in total. The Morgan fingerprint density at radius 3 is 2.47 bits per heavy atom. The summed E-state index contributed by atoms with van der Waals surface area (Å²) in [5.41, 5.74) is 5.31. The molecule has 0 radical (unpaired) electrons. The summed E-state index contributed by atoms with van der Waals surface area (Å²) in [6, 6.07) is -1.10. The Morgan fingerprint density at radius 2 is 2.00 bits per heavy atom. The molecule has 0 aromatic heterocycles. The Morgan fingerprint density at radius 1 is 1.37 bits per heavy atom. The summed E-state index contributed by atoms with van der Waals surface area (Å²) in [5, 5.41) is 2.67. The second-order valence-electron chi connectivity index (χ2n) is 5.47. The third-order valence-corrected chi connectivity index (χ3v) is 3.25. The number of likely N-dealkylation sites (tertiary alicyclic amines) is 1. The predicted octanol–water partition coefficient (Wildman–Crippen LogP) is 0.0135. The van der Waals surface area contributed by atoms with Gasteiger partial charge < -0.3 is 16.0 Å². The van der Waals surface area contributed by atoms with Gasteiger partial charge in [-0.1, -0.05) is 13.8 Å². The second-order valence-corrected chi connectivity index (χ2v) is 5.47. The zero-order valence-electron chi connectivity index (χ0n) is 11.8. The van der Waals surface area contributed by atoms with Crippen LogP contribution in [0.1, 0.15) is 40.0 Å². The molecule has 0 aromatic carbocycles. The molecule has 1 aliphatic heterocycles. The van der Waals surface area contributed by atoms with E-state index < -0.39 is 18.0 Å². The van der Waals surface area contributed by atoms with E-state index >= 15 is 0 Å². The highest BCUT2D eigenvalue weighted by Crippen LogP contribution is 2.19. The lowest BCUT2D eigenvalue weighted by Gasteiger charge is -2.28. The van der Waals surface area contributed by atoms with Gasteiger partial charge in [0.05, 0.1) is 0 Å². The summed E-state index contributed by atoms with van der Waals surface area (Å²) in [4.78, 5) is 36.5. The molecule has 0 saturated carbocycles. The van der Waals surface area contributed by atoms with E-state index in [1.807, 2.05) is 13.8 Å². The Hall–Kier alpha value is -1.59. The van der Waals surface area contributed by atoms with Gasteiger partial charge in [-0.25, -0.2) is 0 Å². The van der Waals surface area contributed by atoms with Crippen molar-refractivity contribution in [2.24, 2.45) is 11.7 Å². The number of amides is 3. The summed E-state index contributed by atoms with van der Waals surface area (Å²) in [5.74, 6) is -0.647. The van der Waals surface area contributed by atoms with Crippen molar-refractivity contribution in [2.75, 3.05) is 6.54 Å². The molecule has 0 aromatic rings. The van der Waals surface area contributed by atoms with Gasteiger partial charge in [0.15, 0.2) is 0 Å². The van der Waals surface area contributed by atoms with Gasteiger partial charge in [0, 0.05) is 13.5 Å². The third-order valence-electron chi connectivity index (χ3n) is 3.25. The van der Waals surface area contributed by atoms with Crippen molar-refractivity contribution < 1.29 is 14.4 Å². The maximum atomic E-state index is 12.4. The molecule has 1 heterocycles. The van der Waals surface area contributed by atoms with Crippen LogP contribution in [0.3, 0.4) is 0 Å². The van der Waals surface area contributed by atoms with Crippen molar-refractivity contribution in [3.63, 3.8) is 0 Å². The van der Waals surface area contributed by atoms with Crippen LogP contribution in [0.15, 0.2) is 0 Å². The fourth-order valence-corrected chi connectivity index (χ4v) is 2.46. The van der Waals surface area contributed by atoms with Gasteiger partial charge in [0.2, 0.25) is 17.7 Å². The average Bonchev–Trinajstić information content (AvgIpc) is 2.74. The molecule has 0 aliphatic carbocycles. The number of nitrogens with two attached hydrogens (primary N) is 1. The highest BCUT2D eigenvalue weighted by Gasteiger charge is 2.36. The summed E-state index contributed by atoms with van der Waals surface area (Å²) in [7, 11) is 0. The standard InChI is InChI=1S/C13H23N3O3/c1-8(2)7-10(15-9(3)17)13(19)16-6-4-5-11(16)12(14)18/h8,10-11H,4-7H2,1-3H3,(H2,14,18)(H,15,17)/t10-,11-/m0/s1. The molecule has 2 atom stereocenters. The van der Waals surface area contributed by atoms with Crippen molar-refractivity contribution in [3.8, 4) is 0 Å². The molecule has 1 rings (SSSR count). The molecule has 3 amide bonds. The van der Waals surface area contributed by atoms with E-state index in [0.29, 0.717) is 19.4 Å².